The first kappa shape index (κ1) is 13.9. The molecule has 0 aliphatic rings. The first-order valence-corrected chi connectivity index (χ1v) is 6.94. The number of nitrogens with zero attached hydrogens (tertiary/aromatic N) is 4. The second-order valence-corrected chi connectivity index (χ2v) is 5.43. The Balaban J connectivity index is 1.95. The van der Waals surface area contributed by atoms with Gasteiger partial charge in [-0.2, -0.15) is 0 Å². The second-order valence-electron chi connectivity index (χ2n) is 4.56. The minimum atomic E-state index is 0.534. The van der Waals surface area contributed by atoms with Crippen LogP contribution in [0.4, 0.5) is 5.69 Å². The minimum absolute atomic E-state index is 0.534. The van der Waals surface area contributed by atoms with Gasteiger partial charge < -0.3 is 5.73 Å². The van der Waals surface area contributed by atoms with Crippen LogP contribution in [0.25, 0.3) is 11.4 Å². The third-order valence-electron chi connectivity index (χ3n) is 2.96. The van der Waals surface area contributed by atoms with Gasteiger partial charge in [0.2, 0.25) is 0 Å². The molecular weight excluding hydrogens is 309 g/mol. The van der Waals surface area contributed by atoms with Crippen molar-refractivity contribution in [3.8, 4) is 11.4 Å². The number of hydrogen-bond donors (Lipinski definition) is 1. The molecule has 1 heterocycles. The van der Waals surface area contributed by atoms with Crippen LogP contribution in [-0.2, 0) is 6.54 Å². The number of tetrazole rings is 1. The normalized spacial score (nSPS) is 10.8. The zero-order valence-corrected chi connectivity index (χ0v) is 12.4. The van der Waals surface area contributed by atoms with Gasteiger partial charge in [-0.1, -0.05) is 35.3 Å². The summed E-state index contributed by atoms with van der Waals surface area (Å²) in [5.74, 6) is 0.610. The third-order valence-corrected chi connectivity index (χ3v) is 3.43. The molecule has 0 amide bonds. The van der Waals surface area contributed by atoms with E-state index in [1.807, 2.05) is 24.3 Å². The van der Waals surface area contributed by atoms with Crippen molar-refractivity contribution < 1.29 is 0 Å². The summed E-state index contributed by atoms with van der Waals surface area (Å²) in [7, 11) is 0. The highest BCUT2D eigenvalue weighted by Gasteiger charge is 2.11. The summed E-state index contributed by atoms with van der Waals surface area (Å²) >= 11 is 11.9. The number of anilines is 1. The van der Waals surface area contributed by atoms with Crippen LogP contribution >= 0.6 is 23.2 Å². The molecule has 21 heavy (non-hydrogen) atoms. The minimum Gasteiger partial charge on any atom is -0.399 e. The molecule has 7 heteroatoms. The van der Waals surface area contributed by atoms with E-state index >= 15 is 0 Å². The summed E-state index contributed by atoms with van der Waals surface area (Å²) in [6.07, 6.45) is 0. The topological polar surface area (TPSA) is 69.6 Å². The molecule has 0 bridgehead atoms. The average Bonchev–Trinajstić information content (AvgIpc) is 2.88. The van der Waals surface area contributed by atoms with Gasteiger partial charge in [-0.15, -0.1) is 5.10 Å². The Labute approximate surface area is 131 Å². The van der Waals surface area contributed by atoms with Crippen molar-refractivity contribution in [1.82, 2.24) is 20.2 Å². The molecule has 5 nitrogen and oxygen atoms in total. The first-order chi connectivity index (χ1) is 10.1. The summed E-state index contributed by atoms with van der Waals surface area (Å²) in [6, 6.07) is 12.8. The molecule has 0 unspecified atom stereocenters. The van der Waals surface area contributed by atoms with Crippen molar-refractivity contribution in [3.05, 3.63) is 58.1 Å². The Morgan fingerprint density at radius 2 is 1.76 bits per heavy atom. The molecule has 0 spiro atoms. The van der Waals surface area contributed by atoms with E-state index in [-0.39, 0.29) is 0 Å². The van der Waals surface area contributed by atoms with Crippen LogP contribution in [0.3, 0.4) is 0 Å². The fourth-order valence-corrected chi connectivity index (χ4v) is 2.39. The fraction of sp³-hybridized carbons (Fsp3) is 0.0714. The Morgan fingerprint density at radius 3 is 2.48 bits per heavy atom. The van der Waals surface area contributed by atoms with E-state index in [4.69, 9.17) is 28.9 Å². The third kappa shape index (κ3) is 3.15. The van der Waals surface area contributed by atoms with Crippen molar-refractivity contribution in [2.75, 3.05) is 5.73 Å². The fourth-order valence-electron chi connectivity index (χ4n) is 2.02. The summed E-state index contributed by atoms with van der Waals surface area (Å²) in [6.45, 7) is 0.534. The molecule has 2 N–H and O–H groups in total. The lowest BCUT2D eigenvalue weighted by atomic mass is 10.2. The number of nitrogens with two attached hydrogens (primary N) is 1. The molecule has 3 rings (SSSR count). The molecule has 0 fully saturated rings. The second kappa shape index (κ2) is 5.71. The maximum absolute atomic E-state index is 6.02. The number of nitrogen functional groups attached to an aromatic ring is 1. The van der Waals surface area contributed by atoms with Crippen molar-refractivity contribution in [3.63, 3.8) is 0 Å². The Morgan fingerprint density at radius 1 is 1.00 bits per heavy atom. The molecule has 0 aliphatic carbocycles. The maximum Gasteiger partial charge on any atom is 0.182 e. The number of hydrogen-bond acceptors (Lipinski definition) is 4. The highest BCUT2D eigenvalue weighted by molar-refractivity contribution is 6.31. The Bertz CT molecular complexity index is 747. The van der Waals surface area contributed by atoms with E-state index in [1.54, 1.807) is 22.9 Å². The van der Waals surface area contributed by atoms with Gasteiger partial charge in [-0.25, -0.2) is 4.68 Å². The largest absolute Gasteiger partial charge is 0.399 e. The van der Waals surface area contributed by atoms with Crippen LogP contribution in [0.2, 0.25) is 10.0 Å². The van der Waals surface area contributed by atoms with Crippen molar-refractivity contribution in [1.29, 1.82) is 0 Å². The summed E-state index contributed by atoms with van der Waals surface area (Å²) < 4.78 is 1.69. The number of benzene rings is 2. The van der Waals surface area contributed by atoms with E-state index in [1.165, 1.54) is 0 Å². The van der Waals surface area contributed by atoms with Crippen LogP contribution in [0.15, 0.2) is 42.5 Å². The Kier molecular flexibility index (Phi) is 3.77. The zero-order chi connectivity index (χ0) is 14.8. The van der Waals surface area contributed by atoms with Crippen LogP contribution in [-0.4, -0.2) is 20.2 Å². The van der Waals surface area contributed by atoms with Crippen LogP contribution < -0.4 is 5.73 Å². The van der Waals surface area contributed by atoms with E-state index in [0.29, 0.717) is 28.1 Å². The molecule has 0 atom stereocenters. The van der Waals surface area contributed by atoms with Gasteiger partial charge in [0.1, 0.15) is 0 Å². The molecule has 2 aromatic carbocycles. The molecule has 1 aromatic heterocycles. The lowest BCUT2D eigenvalue weighted by Crippen LogP contribution is -2.04. The van der Waals surface area contributed by atoms with Crippen LogP contribution in [0.5, 0.6) is 0 Å². The van der Waals surface area contributed by atoms with Gasteiger partial charge in [-0.05, 0) is 46.3 Å². The number of aromatic nitrogens is 4. The predicted octanol–water partition coefficient (Wildman–Crippen LogP) is 3.28. The maximum atomic E-state index is 6.02. The van der Waals surface area contributed by atoms with Crippen molar-refractivity contribution in [2.45, 2.75) is 6.54 Å². The van der Waals surface area contributed by atoms with Crippen molar-refractivity contribution in [2.24, 2.45) is 0 Å². The van der Waals surface area contributed by atoms with Gasteiger partial charge in [-0.3, -0.25) is 0 Å². The monoisotopic (exact) mass is 319 g/mol. The molecule has 3 aromatic rings. The molecular formula is C14H11Cl2N5. The van der Waals surface area contributed by atoms with Crippen molar-refractivity contribution >= 4 is 28.9 Å². The van der Waals surface area contributed by atoms with Gasteiger partial charge >= 0.3 is 0 Å². The molecule has 0 aliphatic heterocycles. The molecule has 0 saturated carbocycles. The first-order valence-electron chi connectivity index (χ1n) is 6.19. The molecule has 106 valence electrons. The van der Waals surface area contributed by atoms with Gasteiger partial charge in [0.05, 0.1) is 6.54 Å². The highest BCUT2D eigenvalue weighted by atomic mass is 35.5. The van der Waals surface area contributed by atoms with Gasteiger partial charge in [0.25, 0.3) is 0 Å². The highest BCUT2D eigenvalue weighted by Crippen LogP contribution is 2.24. The van der Waals surface area contributed by atoms with Crippen LogP contribution in [0, 0.1) is 0 Å². The summed E-state index contributed by atoms with van der Waals surface area (Å²) in [5.41, 5.74) is 8.20. The summed E-state index contributed by atoms with van der Waals surface area (Å²) in [4.78, 5) is 0. The van der Waals surface area contributed by atoms with E-state index < -0.39 is 0 Å². The van der Waals surface area contributed by atoms with E-state index in [0.717, 1.165) is 11.1 Å². The zero-order valence-electron chi connectivity index (χ0n) is 10.9. The SMILES string of the molecule is Nc1cc(Cl)cc(-c2nnnn2Cc2ccc(Cl)cc2)c1. The molecule has 0 saturated heterocycles. The molecule has 0 radical (unpaired) electrons. The van der Waals surface area contributed by atoms with Gasteiger partial charge in [0, 0.05) is 21.3 Å². The number of halogens is 2. The predicted molar refractivity (Wildman–Crippen MR) is 83.2 cm³/mol. The smallest absolute Gasteiger partial charge is 0.182 e. The lowest BCUT2D eigenvalue weighted by molar-refractivity contribution is 0.653. The van der Waals surface area contributed by atoms with Crippen LogP contribution in [0.1, 0.15) is 5.56 Å². The van der Waals surface area contributed by atoms with E-state index in [9.17, 15) is 0 Å². The standard InChI is InChI=1S/C14H11Cl2N5/c15-11-3-1-9(2-4-11)8-21-14(18-19-20-21)10-5-12(16)7-13(17)6-10/h1-7H,8,17H2. The van der Waals surface area contributed by atoms with Gasteiger partial charge in [0.15, 0.2) is 5.82 Å². The number of rotatable bonds is 3. The Hall–Kier alpha value is -2.11. The van der Waals surface area contributed by atoms with E-state index in [2.05, 4.69) is 15.5 Å². The quantitative estimate of drug-likeness (QED) is 0.752. The average molecular weight is 320 g/mol. The lowest BCUT2D eigenvalue weighted by Gasteiger charge is -2.06. The summed E-state index contributed by atoms with van der Waals surface area (Å²) in [5, 5.41) is 13.0.